The molecule has 15 heavy (non-hydrogen) atoms. The maximum atomic E-state index is 11.1. The number of aliphatic hydroxyl groups excluding tert-OH is 1. The molecule has 0 saturated carbocycles. The van der Waals surface area contributed by atoms with Crippen LogP contribution >= 0.6 is 8.03 Å². The number of aliphatic carboxylic acids is 1. The second kappa shape index (κ2) is 8.38. The highest BCUT2D eigenvalue weighted by Crippen LogP contribution is 2.22. The van der Waals surface area contributed by atoms with E-state index in [0.717, 1.165) is 0 Å². The van der Waals surface area contributed by atoms with Gasteiger partial charge in [0.2, 0.25) is 8.03 Å². The highest BCUT2D eigenvalue weighted by atomic mass is 31.1. The number of nitrogens with zero attached hydrogens (tertiary/aromatic N) is 2. The third kappa shape index (κ3) is 8.09. The minimum atomic E-state index is -2.46. The molecule has 0 aliphatic carbocycles. The van der Waals surface area contributed by atoms with Gasteiger partial charge >= 0.3 is 5.97 Å². The third-order valence-electron chi connectivity index (χ3n) is 1.48. The van der Waals surface area contributed by atoms with Crippen LogP contribution < -0.4 is 0 Å². The van der Waals surface area contributed by atoms with Crippen LogP contribution in [0.2, 0.25) is 0 Å². The first-order chi connectivity index (χ1) is 7.10. The Morgan fingerprint density at radius 2 is 2.27 bits per heavy atom. The summed E-state index contributed by atoms with van der Waals surface area (Å²) >= 11 is 0. The van der Waals surface area contributed by atoms with E-state index in [9.17, 15) is 9.36 Å². The zero-order chi connectivity index (χ0) is 11.7. The quantitative estimate of drug-likeness (QED) is 0.439. The van der Waals surface area contributed by atoms with Crippen molar-refractivity contribution in [3.05, 3.63) is 0 Å². The van der Waals surface area contributed by atoms with Gasteiger partial charge in [0.05, 0.1) is 18.9 Å². The largest absolute Gasteiger partial charge is 0.480 e. The Morgan fingerprint density at radius 3 is 2.73 bits per heavy atom. The van der Waals surface area contributed by atoms with Crippen molar-refractivity contribution in [1.29, 1.82) is 5.26 Å². The molecule has 0 aromatic carbocycles. The SMILES string of the molecule is N#CCCN(CC(=O)O)C[PH](=O)OCO. The van der Waals surface area contributed by atoms with E-state index in [2.05, 4.69) is 4.52 Å². The van der Waals surface area contributed by atoms with Crippen LogP contribution in [0.4, 0.5) is 0 Å². The van der Waals surface area contributed by atoms with Crippen LogP contribution in [0.25, 0.3) is 0 Å². The highest BCUT2D eigenvalue weighted by Gasteiger charge is 2.12. The van der Waals surface area contributed by atoms with Crippen LogP contribution in [0.3, 0.4) is 0 Å². The molecule has 0 saturated heterocycles. The van der Waals surface area contributed by atoms with Crippen LogP contribution in [-0.4, -0.2) is 47.3 Å². The lowest BCUT2D eigenvalue weighted by Gasteiger charge is -2.17. The van der Waals surface area contributed by atoms with Crippen LogP contribution in [0.15, 0.2) is 0 Å². The van der Waals surface area contributed by atoms with Crippen molar-refractivity contribution in [2.45, 2.75) is 6.42 Å². The van der Waals surface area contributed by atoms with E-state index in [4.69, 9.17) is 15.5 Å². The summed E-state index contributed by atoms with van der Waals surface area (Å²) in [5.41, 5.74) is 0. The lowest BCUT2D eigenvalue weighted by atomic mass is 10.4. The van der Waals surface area contributed by atoms with Crippen molar-refractivity contribution in [1.82, 2.24) is 4.90 Å². The minimum absolute atomic E-state index is 0.0702. The van der Waals surface area contributed by atoms with E-state index < -0.39 is 20.8 Å². The lowest BCUT2D eigenvalue weighted by molar-refractivity contribution is -0.138. The van der Waals surface area contributed by atoms with Crippen LogP contribution in [0.5, 0.6) is 0 Å². The van der Waals surface area contributed by atoms with Gasteiger partial charge in [-0.2, -0.15) is 5.26 Å². The van der Waals surface area contributed by atoms with Gasteiger partial charge < -0.3 is 14.7 Å². The average Bonchev–Trinajstić information content (AvgIpc) is 2.13. The van der Waals surface area contributed by atoms with E-state index in [1.165, 1.54) is 4.90 Å². The Labute approximate surface area is 87.7 Å². The molecule has 0 amide bonds. The van der Waals surface area contributed by atoms with E-state index >= 15 is 0 Å². The van der Waals surface area contributed by atoms with Crippen LogP contribution in [0.1, 0.15) is 6.42 Å². The highest BCUT2D eigenvalue weighted by molar-refractivity contribution is 7.39. The van der Waals surface area contributed by atoms with Gasteiger partial charge in [0.15, 0.2) is 0 Å². The monoisotopic (exact) mass is 236 g/mol. The molecule has 2 N–H and O–H groups in total. The zero-order valence-corrected chi connectivity index (χ0v) is 9.05. The zero-order valence-electron chi connectivity index (χ0n) is 8.05. The Morgan fingerprint density at radius 1 is 1.60 bits per heavy atom. The minimum Gasteiger partial charge on any atom is -0.480 e. The summed E-state index contributed by atoms with van der Waals surface area (Å²) in [5, 5.41) is 25.2. The number of carboxylic acid groups (broad SMARTS) is 1. The van der Waals surface area contributed by atoms with Gasteiger partial charge in [-0.15, -0.1) is 0 Å². The summed E-state index contributed by atoms with van der Waals surface area (Å²) in [6.45, 7) is -0.738. The maximum absolute atomic E-state index is 11.1. The Bertz CT molecular complexity index is 265. The summed E-state index contributed by atoms with van der Waals surface area (Å²) in [7, 11) is -2.46. The van der Waals surface area contributed by atoms with Gasteiger partial charge in [-0.25, -0.2) is 0 Å². The molecule has 0 aliphatic rings. The smallest absolute Gasteiger partial charge is 0.317 e. The van der Waals surface area contributed by atoms with Crippen molar-refractivity contribution in [3.63, 3.8) is 0 Å². The predicted octanol–water partition coefficient (Wildman–Crippen LogP) is -0.315. The number of rotatable bonds is 8. The fourth-order valence-corrected chi connectivity index (χ4v) is 1.78. The first kappa shape index (κ1) is 14.1. The Balaban J connectivity index is 4.05. The number of nitriles is 1. The molecule has 0 rings (SSSR count). The number of carbonyl (C=O) groups is 1. The van der Waals surface area contributed by atoms with Gasteiger partial charge in [-0.1, -0.05) is 0 Å². The fraction of sp³-hybridized carbons (Fsp3) is 0.714. The second-order valence-electron chi connectivity index (χ2n) is 2.66. The molecule has 0 aromatic heterocycles. The van der Waals surface area contributed by atoms with E-state index in [0.29, 0.717) is 0 Å². The Kier molecular flexibility index (Phi) is 7.86. The molecule has 1 atom stereocenters. The lowest BCUT2D eigenvalue weighted by Crippen LogP contribution is -2.30. The molecule has 0 aliphatic heterocycles. The second-order valence-corrected chi connectivity index (χ2v) is 4.01. The molecule has 0 heterocycles. The normalized spacial score (nSPS) is 12.3. The standard InChI is InChI=1S/C7H13N2O5P/c8-2-1-3-9(4-7(11)12)5-15(13)14-6-10/h10,15H,1,3-6H2,(H,11,12). The number of carboxylic acids is 1. The van der Waals surface area contributed by atoms with E-state index in [1.54, 1.807) is 0 Å². The Hall–Kier alpha value is -0.930. The fourth-order valence-electron chi connectivity index (χ4n) is 0.914. The van der Waals surface area contributed by atoms with Crippen LogP contribution in [-0.2, 0) is 13.9 Å². The molecule has 7 nitrogen and oxygen atoms in total. The molecular weight excluding hydrogens is 223 g/mol. The van der Waals surface area contributed by atoms with E-state index in [1.807, 2.05) is 6.07 Å². The molecule has 0 radical (unpaired) electrons. The molecule has 86 valence electrons. The predicted molar refractivity (Wildman–Crippen MR) is 51.5 cm³/mol. The van der Waals surface area contributed by atoms with Crippen molar-refractivity contribution in [2.75, 3.05) is 26.2 Å². The van der Waals surface area contributed by atoms with Gasteiger partial charge in [0, 0.05) is 13.0 Å². The summed E-state index contributed by atoms with van der Waals surface area (Å²) in [5.74, 6) is -1.06. The number of hydrogen-bond donors (Lipinski definition) is 2. The van der Waals surface area contributed by atoms with Crippen molar-refractivity contribution < 1.29 is 24.1 Å². The van der Waals surface area contributed by atoms with E-state index in [-0.39, 0.29) is 25.8 Å². The van der Waals surface area contributed by atoms with Crippen molar-refractivity contribution in [3.8, 4) is 6.07 Å². The van der Waals surface area contributed by atoms with Crippen molar-refractivity contribution >= 4 is 14.0 Å². The van der Waals surface area contributed by atoms with Gasteiger partial charge in [0.1, 0.15) is 6.79 Å². The number of hydrogen-bond acceptors (Lipinski definition) is 6. The summed E-state index contributed by atoms with van der Waals surface area (Å²) in [4.78, 5) is 11.7. The topological polar surface area (TPSA) is 111 Å². The molecule has 0 fully saturated rings. The molecule has 8 heteroatoms. The first-order valence-electron chi connectivity index (χ1n) is 4.17. The number of aliphatic hydroxyl groups is 1. The van der Waals surface area contributed by atoms with Crippen LogP contribution in [0, 0.1) is 11.3 Å². The van der Waals surface area contributed by atoms with Gasteiger partial charge in [-0.3, -0.25) is 14.3 Å². The summed E-state index contributed by atoms with van der Waals surface area (Å²) in [6, 6.07) is 1.86. The average molecular weight is 236 g/mol. The summed E-state index contributed by atoms with van der Waals surface area (Å²) < 4.78 is 15.5. The molecule has 1 unspecified atom stereocenters. The molecule has 0 bridgehead atoms. The first-order valence-corrected chi connectivity index (χ1v) is 5.70. The van der Waals surface area contributed by atoms with Gasteiger partial charge in [0.25, 0.3) is 0 Å². The van der Waals surface area contributed by atoms with Crippen molar-refractivity contribution in [2.24, 2.45) is 0 Å². The maximum Gasteiger partial charge on any atom is 0.317 e. The molecule has 0 aromatic rings. The molecule has 0 spiro atoms. The summed E-state index contributed by atoms with van der Waals surface area (Å²) in [6.07, 6.45) is 0.0841. The van der Waals surface area contributed by atoms with Gasteiger partial charge in [-0.05, 0) is 0 Å². The third-order valence-corrected chi connectivity index (χ3v) is 2.63. The molecular formula is C7H13N2O5P.